The molecule has 22 heavy (non-hydrogen) atoms. The zero-order valence-corrected chi connectivity index (χ0v) is 14.6. The van der Waals surface area contributed by atoms with E-state index in [9.17, 15) is 0 Å². The van der Waals surface area contributed by atoms with Gasteiger partial charge in [0, 0.05) is 22.5 Å². The molecular formula is C17H16BrN3S. The van der Waals surface area contributed by atoms with Gasteiger partial charge in [-0.15, -0.1) is 0 Å². The molecule has 0 spiro atoms. The van der Waals surface area contributed by atoms with E-state index < -0.39 is 0 Å². The van der Waals surface area contributed by atoms with Gasteiger partial charge in [-0.1, -0.05) is 52.8 Å². The van der Waals surface area contributed by atoms with Crippen molar-refractivity contribution in [2.45, 2.75) is 24.3 Å². The van der Waals surface area contributed by atoms with Crippen molar-refractivity contribution in [1.82, 2.24) is 9.88 Å². The number of benzene rings is 1. The number of aromatic nitrogens is 1. The lowest BCUT2D eigenvalue weighted by Gasteiger charge is -2.27. The van der Waals surface area contributed by atoms with Crippen LogP contribution in [-0.4, -0.2) is 26.8 Å². The summed E-state index contributed by atoms with van der Waals surface area (Å²) in [4.78, 5) is 12.0. The van der Waals surface area contributed by atoms with E-state index in [0.29, 0.717) is 5.25 Å². The van der Waals surface area contributed by atoms with Gasteiger partial charge in [0.15, 0.2) is 5.17 Å². The molecule has 2 aromatic rings. The Labute approximate surface area is 143 Å². The van der Waals surface area contributed by atoms with Crippen LogP contribution in [0.5, 0.6) is 0 Å². The number of rotatable bonds is 2. The van der Waals surface area contributed by atoms with Gasteiger partial charge in [-0.25, -0.2) is 0 Å². The Morgan fingerprint density at radius 2 is 2.00 bits per heavy atom. The fourth-order valence-electron chi connectivity index (χ4n) is 3.14. The van der Waals surface area contributed by atoms with E-state index in [0.717, 1.165) is 21.9 Å². The van der Waals surface area contributed by atoms with Crippen LogP contribution in [0.25, 0.3) is 0 Å². The van der Waals surface area contributed by atoms with Gasteiger partial charge in [-0.3, -0.25) is 9.98 Å². The minimum Gasteiger partial charge on any atom is -0.341 e. The Morgan fingerprint density at radius 3 is 2.73 bits per heavy atom. The molecular weight excluding hydrogens is 358 g/mol. The summed E-state index contributed by atoms with van der Waals surface area (Å²) in [5, 5.41) is 1.76. The van der Waals surface area contributed by atoms with Crippen molar-refractivity contribution in [2.24, 2.45) is 4.99 Å². The number of hydrogen-bond donors (Lipinski definition) is 0. The number of halogens is 1. The van der Waals surface area contributed by atoms with Crippen LogP contribution >= 0.6 is 27.7 Å². The molecule has 0 amide bonds. The van der Waals surface area contributed by atoms with Gasteiger partial charge in [-0.05, 0) is 29.8 Å². The standard InChI is InChI=1S/C17H16BrN3S/c1-11-10-21-16(12-5-7-13(18)8-6-12)15(20-17(21)22-11)14-4-2-3-9-19-14/h2-9,11,15-16H,10H2,1H3/t11-,15-,16+/m1/s1. The first-order chi connectivity index (χ1) is 10.7. The van der Waals surface area contributed by atoms with E-state index in [-0.39, 0.29) is 12.1 Å². The molecule has 1 aromatic heterocycles. The first-order valence-electron chi connectivity index (χ1n) is 7.40. The van der Waals surface area contributed by atoms with Crippen molar-refractivity contribution in [2.75, 3.05) is 6.54 Å². The fourth-order valence-corrected chi connectivity index (χ4v) is 4.50. The Kier molecular flexibility index (Phi) is 3.70. The molecule has 1 saturated heterocycles. The zero-order valence-electron chi connectivity index (χ0n) is 12.2. The highest BCUT2D eigenvalue weighted by atomic mass is 79.9. The van der Waals surface area contributed by atoms with Crippen molar-refractivity contribution in [3.8, 4) is 0 Å². The van der Waals surface area contributed by atoms with Gasteiger partial charge < -0.3 is 4.90 Å². The second kappa shape index (κ2) is 5.70. The van der Waals surface area contributed by atoms with Crippen LogP contribution in [0.3, 0.4) is 0 Å². The summed E-state index contributed by atoms with van der Waals surface area (Å²) in [7, 11) is 0. The van der Waals surface area contributed by atoms with Crippen molar-refractivity contribution in [3.05, 3.63) is 64.4 Å². The van der Waals surface area contributed by atoms with Crippen molar-refractivity contribution < 1.29 is 0 Å². The second-order valence-electron chi connectivity index (χ2n) is 5.69. The molecule has 1 fully saturated rings. The van der Waals surface area contributed by atoms with Crippen LogP contribution in [0.2, 0.25) is 0 Å². The summed E-state index contributed by atoms with van der Waals surface area (Å²) in [5.41, 5.74) is 2.35. The number of aliphatic imine (C=N–C) groups is 1. The van der Waals surface area contributed by atoms with E-state index in [1.165, 1.54) is 5.56 Å². The van der Waals surface area contributed by atoms with E-state index in [2.05, 4.69) is 63.1 Å². The van der Waals surface area contributed by atoms with Crippen LogP contribution in [0.1, 0.15) is 30.3 Å². The quantitative estimate of drug-likeness (QED) is 0.779. The molecule has 3 heterocycles. The Balaban J connectivity index is 1.76. The SMILES string of the molecule is C[C@@H]1CN2C(=N[C@H](c3ccccn3)[C@@H]2c2ccc(Br)cc2)S1. The van der Waals surface area contributed by atoms with Gasteiger partial charge in [0.05, 0.1) is 11.7 Å². The number of nitrogens with zero attached hydrogens (tertiary/aromatic N) is 3. The van der Waals surface area contributed by atoms with Crippen molar-refractivity contribution in [3.63, 3.8) is 0 Å². The van der Waals surface area contributed by atoms with E-state index >= 15 is 0 Å². The largest absolute Gasteiger partial charge is 0.341 e. The van der Waals surface area contributed by atoms with Gasteiger partial charge in [-0.2, -0.15) is 0 Å². The number of fused-ring (bicyclic) bond motifs is 1. The zero-order chi connectivity index (χ0) is 15.1. The summed E-state index contributed by atoms with van der Waals surface area (Å²) < 4.78 is 1.11. The lowest BCUT2D eigenvalue weighted by Crippen LogP contribution is -2.28. The van der Waals surface area contributed by atoms with Crippen molar-refractivity contribution >= 4 is 32.9 Å². The Hall–Kier alpha value is -1.33. The third-order valence-electron chi connectivity index (χ3n) is 4.09. The van der Waals surface area contributed by atoms with E-state index in [4.69, 9.17) is 4.99 Å². The maximum atomic E-state index is 4.98. The first-order valence-corrected chi connectivity index (χ1v) is 9.07. The summed E-state index contributed by atoms with van der Waals surface area (Å²) in [6, 6.07) is 15.0. The molecule has 0 N–H and O–H groups in total. The molecule has 0 unspecified atom stereocenters. The van der Waals surface area contributed by atoms with Crippen LogP contribution < -0.4 is 0 Å². The number of hydrogen-bond acceptors (Lipinski definition) is 4. The molecule has 0 aliphatic carbocycles. The summed E-state index contributed by atoms with van der Waals surface area (Å²) in [5.74, 6) is 0. The predicted molar refractivity (Wildman–Crippen MR) is 95.1 cm³/mol. The highest BCUT2D eigenvalue weighted by Gasteiger charge is 2.43. The molecule has 2 aliphatic rings. The molecule has 0 saturated carbocycles. The highest BCUT2D eigenvalue weighted by molar-refractivity contribution is 9.10. The number of thioether (sulfide) groups is 1. The van der Waals surface area contributed by atoms with Crippen LogP contribution in [-0.2, 0) is 0 Å². The van der Waals surface area contributed by atoms with E-state index in [1.807, 2.05) is 30.1 Å². The topological polar surface area (TPSA) is 28.5 Å². The Bertz CT molecular complexity index is 702. The minimum atomic E-state index is 0.0809. The summed E-state index contributed by atoms with van der Waals surface area (Å²) in [6.45, 7) is 3.31. The van der Waals surface area contributed by atoms with E-state index in [1.54, 1.807) is 0 Å². The smallest absolute Gasteiger partial charge is 0.160 e. The molecule has 2 aliphatic heterocycles. The van der Waals surface area contributed by atoms with Gasteiger partial charge in [0.2, 0.25) is 0 Å². The Morgan fingerprint density at radius 1 is 1.18 bits per heavy atom. The minimum absolute atomic E-state index is 0.0809. The molecule has 1 aromatic carbocycles. The maximum Gasteiger partial charge on any atom is 0.160 e. The van der Waals surface area contributed by atoms with Gasteiger partial charge >= 0.3 is 0 Å². The normalized spacial score (nSPS) is 26.9. The average Bonchev–Trinajstić information content (AvgIpc) is 3.05. The van der Waals surface area contributed by atoms with Gasteiger partial charge in [0.25, 0.3) is 0 Å². The average molecular weight is 374 g/mol. The van der Waals surface area contributed by atoms with Crippen LogP contribution in [0, 0.1) is 0 Å². The molecule has 112 valence electrons. The van der Waals surface area contributed by atoms with Crippen LogP contribution in [0.4, 0.5) is 0 Å². The lowest BCUT2D eigenvalue weighted by molar-refractivity contribution is 0.321. The second-order valence-corrected chi connectivity index (χ2v) is 8.01. The third-order valence-corrected chi connectivity index (χ3v) is 5.72. The highest BCUT2D eigenvalue weighted by Crippen LogP contribution is 2.47. The molecule has 0 radical (unpaired) electrons. The third kappa shape index (κ3) is 2.46. The number of amidine groups is 1. The molecule has 0 bridgehead atoms. The summed E-state index contributed by atoms with van der Waals surface area (Å²) >= 11 is 5.40. The molecule has 3 atom stereocenters. The predicted octanol–water partition coefficient (Wildman–Crippen LogP) is 4.43. The molecule has 5 heteroatoms. The first kappa shape index (κ1) is 14.3. The molecule has 4 rings (SSSR count). The van der Waals surface area contributed by atoms with Crippen molar-refractivity contribution in [1.29, 1.82) is 0 Å². The maximum absolute atomic E-state index is 4.98. The molecule has 3 nitrogen and oxygen atoms in total. The van der Waals surface area contributed by atoms with Gasteiger partial charge in [0.1, 0.15) is 6.04 Å². The fraction of sp³-hybridized carbons (Fsp3) is 0.294. The number of pyridine rings is 1. The lowest BCUT2D eigenvalue weighted by atomic mass is 9.96. The summed E-state index contributed by atoms with van der Waals surface area (Å²) in [6.07, 6.45) is 1.85. The monoisotopic (exact) mass is 373 g/mol. The van der Waals surface area contributed by atoms with Crippen LogP contribution in [0.15, 0.2) is 58.1 Å².